The fourth-order valence-electron chi connectivity index (χ4n) is 1.79. The van der Waals surface area contributed by atoms with Crippen LogP contribution in [-0.4, -0.2) is 18.3 Å². The lowest BCUT2D eigenvalue weighted by molar-refractivity contribution is -0.140. The molecule has 1 atom stereocenters. The molecule has 1 aromatic rings. The highest BCUT2D eigenvalue weighted by atomic mass is 32.2. The van der Waals surface area contributed by atoms with Crippen LogP contribution >= 0.6 is 11.8 Å². The number of carbonyl (C=O) groups excluding carboxylic acids is 1. The van der Waals surface area contributed by atoms with E-state index in [9.17, 15) is 4.79 Å². The van der Waals surface area contributed by atoms with Crippen LogP contribution in [0.25, 0.3) is 0 Å². The molecule has 2 rings (SSSR count). The lowest BCUT2D eigenvalue weighted by Gasteiger charge is -2.15. The van der Waals surface area contributed by atoms with Gasteiger partial charge in [0, 0.05) is 10.6 Å². The summed E-state index contributed by atoms with van der Waals surface area (Å²) in [5, 5.41) is -0.0673. The molecule has 1 aliphatic rings. The van der Waals surface area contributed by atoms with Gasteiger partial charge in [-0.2, -0.15) is 0 Å². The first-order valence-electron chi connectivity index (χ1n) is 5.72. The van der Waals surface area contributed by atoms with Crippen molar-refractivity contribution in [2.24, 2.45) is 5.92 Å². The van der Waals surface area contributed by atoms with E-state index in [0.29, 0.717) is 5.92 Å². The maximum atomic E-state index is 11.7. The summed E-state index contributed by atoms with van der Waals surface area (Å²) in [7, 11) is 1.45. The average molecular weight is 251 g/mol. The number of rotatable bonds is 4. The van der Waals surface area contributed by atoms with Gasteiger partial charge in [-0.15, -0.1) is 11.8 Å². The van der Waals surface area contributed by atoms with Crippen LogP contribution in [0.3, 0.4) is 0 Å². The Bertz CT molecular complexity index is 429. The first-order chi connectivity index (χ1) is 8.11. The summed E-state index contributed by atoms with van der Waals surface area (Å²) < 4.78 is 4.87. The van der Waals surface area contributed by atoms with Crippen LogP contribution < -0.4 is 5.73 Å². The Morgan fingerprint density at radius 3 is 2.76 bits per heavy atom. The van der Waals surface area contributed by atoms with E-state index in [4.69, 9.17) is 10.5 Å². The largest absolute Gasteiger partial charge is 0.468 e. The SMILES string of the molecule is COC(=O)C(Sc1ccc(N)cc1C)C1CC1. The van der Waals surface area contributed by atoms with Gasteiger partial charge in [0.05, 0.1) is 7.11 Å². The molecular formula is C13H17NO2S. The Labute approximate surface area is 106 Å². The molecule has 0 aromatic heterocycles. The fourth-order valence-corrected chi connectivity index (χ4v) is 3.12. The Kier molecular flexibility index (Phi) is 3.62. The quantitative estimate of drug-likeness (QED) is 0.508. The van der Waals surface area contributed by atoms with Gasteiger partial charge in [-0.1, -0.05) is 0 Å². The Morgan fingerprint density at radius 1 is 1.53 bits per heavy atom. The molecule has 1 aromatic carbocycles. The number of aryl methyl sites for hydroxylation is 1. The van der Waals surface area contributed by atoms with E-state index < -0.39 is 0 Å². The number of hydrogen-bond acceptors (Lipinski definition) is 4. The van der Waals surface area contributed by atoms with Gasteiger partial charge in [0.1, 0.15) is 5.25 Å². The fraction of sp³-hybridized carbons (Fsp3) is 0.462. The zero-order valence-electron chi connectivity index (χ0n) is 10.1. The van der Waals surface area contributed by atoms with Crippen molar-refractivity contribution in [1.82, 2.24) is 0 Å². The number of benzene rings is 1. The van der Waals surface area contributed by atoms with Crippen molar-refractivity contribution in [2.45, 2.75) is 29.9 Å². The van der Waals surface area contributed by atoms with Gasteiger partial charge in [0.25, 0.3) is 0 Å². The molecule has 1 fully saturated rings. The maximum Gasteiger partial charge on any atom is 0.319 e. The molecule has 1 saturated carbocycles. The van der Waals surface area contributed by atoms with Crippen LogP contribution in [0.1, 0.15) is 18.4 Å². The van der Waals surface area contributed by atoms with Gasteiger partial charge < -0.3 is 10.5 Å². The lowest BCUT2D eigenvalue weighted by atomic mass is 10.2. The first-order valence-corrected chi connectivity index (χ1v) is 6.60. The van der Waals surface area contributed by atoms with Gasteiger partial charge in [-0.25, -0.2) is 0 Å². The molecule has 0 spiro atoms. The van der Waals surface area contributed by atoms with Crippen molar-refractivity contribution in [3.63, 3.8) is 0 Å². The summed E-state index contributed by atoms with van der Waals surface area (Å²) in [6, 6.07) is 5.79. The van der Waals surface area contributed by atoms with Crippen LogP contribution in [0.5, 0.6) is 0 Å². The Hall–Kier alpha value is -1.16. The van der Waals surface area contributed by atoms with Crippen molar-refractivity contribution in [1.29, 1.82) is 0 Å². The summed E-state index contributed by atoms with van der Waals surface area (Å²) in [4.78, 5) is 12.8. The third-order valence-electron chi connectivity index (χ3n) is 2.94. The second-order valence-electron chi connectivity index (χ2n) is 4.42. The highest BCUT2D eigenvalue weighted by molar-refractivity contribution is 8.00. The Balaban J connectivity index is 2.14. The molecule has 1 aliphatic carbocycles. The number of nitrogen functional groups attached to an aromatic ring is 1. The van der Waals surface area contributed by atoms with Gasteiger partial charge in [-0.3, -0.25) is 4.79 Å². The summed E-state index contributed by atoms with van der Waals surface area (Å²) in [6.45, 7) is 2.01. The van der Waals surface area contributed by atoms with Gasteiger partial charge in [0.15, 0.2) is 0 Å². The molecule has 17 heavy (non-hydrogen) atoms. The highest BCUT2D eigenvalue weighted by Crippen LogP contribution is 2.43. The van der Waals surface area contributed by atoms with E-state index >= 15 is 0 Å². The molecule has 3 nitrogen and oxygen atoms in total. The molecule has 0 saturated heterocycles. The molecule has 4 heteroatoms. The molecule has 0 bridgehead atoms. The van der Waals surface area contributed by atoms with Crippen molar-refractivity contribution in [2.75, 3.05) is 12.8 Å². The minimum absolute atomic E-state index is 0.0673. The first kappa shape index (κ1) is 12.3. The third-order valence-corrected chi connectivity index (χ3v) is 4.48. The molecular weight excluding hydrogens is 234 g/mol. The predicted molar refractivity (Wildman–Crippen MR) is 70.0 cm³/mol. The minimum atomic E-state index is -0.117. The summed E-state index contributed by atoms with van der Waals surface area (Å²) in [5.41, 5.74) is 7.59. The lowest BCUT2D eigenvalue weighted by Crippen LogP contribution is -2.20. The molecule has 0 amide bonds. The average Bonchev–Trinajstić information content (AvgIpc) is 3.11. The zero-order chi connectivity index (χ0) is 12.4. The van der Waals surface area contributed by atoms with E-state index in [1.54, 1.807) is 11.8 Å². The van der Waals surface area contributed by atoms with E-state index in [0.717, 1.165) is 29.0 Å². The normalized spacial score (nSPS) is 16.6. The number of methoxy groups -OCH3 is 1. The number of carbonyl (C=O) groups is 1. The zero-order valence-corrected chi connectivity index (χ0v) is 10.9. The second-order valence-corrected chi connectivity index (χ2v) is 5.61. The molecule has 0 heterocycles. The maximum absolute atomic E-state index is 11.7. The van der Waals surface area contributed by atoms with Crippen LogP contribution in [0, 0.1) is 12.8 Å². The molecule has 0 radical (unpaired) electrons. The van der Waals surface area contributed by atoms with Gasteiger partial charge in [0.2, 0.25) is 0 Å². The standard InChI is InChI=1S/C13H17NO2S/c1-8-7-10(14)5-6-11(8)17-12(9-3-4-9)13(15)16-2/h5-7,9,12H,3-4,14H2,1-2H3. The van der Waals surface area contributed by atoms with E-state index in [-0.39, 0.29) is 11.2 Å². The van der Waals surface area contributed by atoms with Crippen LogP contribution in [0.4, 0.5) is 5.69 Å². The monoisotopic (exact) mass is 251 g/mol. The van der Waals surface area contributed by atoms with Gasteiger partial charge >= 0.3 is 5.97 Å². The van der Waals surface area contributed by atoms with Crippen LogP contribution in [0.2, 0.25) is 0 Å². The smallest absolute Gasteiger partial charge is 0.319 e. The summed E-state index contributed by atoms with van der Waals surface area (Å²) in [5.74, 6) is 0.359. The topological polar surface area (TPSA) is 52.3 Å². The predicted octanol–water partition coefficient (Wildman–Crippen LogP) is 2.62. The van der Waals surface area contributed by atoms with Crippen molar-refractivity contribution < 1.29 is 9.53 Å². The Morgan fingerprint density at radius 2 is 2.24 bits per heavy atom. The van der Waals surface area contributed by atoms with Crippen LogP contribution in [0.15, 0.2) is 23.1 Å². The third kappa shape index (κ3) is 2.94. The van der Waals surface area contributed by atoms with Crippen molar-refractivity contribution in [3.8, 4) is 0 Å². The highest BCUT2D eigenvalue weighted by Gasteiger charge is 2.37. The van der Waals surface area contributed by atoms with Crippen LogP contribution in [-0.2, 0) is 9.53 Å². The number of nitrogens with two attached hydrogens (primary N) is 1. The minimum Gasteiger partial charge on any atom is -0.468 e. The molecule has 0 aliphatic heterocycles. The van der Waals surface area contributed by atoms with Gasteiger partial charge in [-0.05, 0) is 49.4 Å². The second kappa shape index (κ2) is 5.00. The molecule has 2 N–H and O–H groups in total. The van der Waals surface area contributed by atoms with E-state index in [1.807, 2.05) is 25.1 Å². The molecule has 92 valence electrons. The van der Waals surface area contributed by atoms with Crippen molar-refractivity contribution >= 4 is 23.4 Å². The number of ether oxygens (including phenoxy) is 1. The number of thioether (sulfide) groups is 1. The van der Waals surface area contributed by atoms with Crippen molar-refractivity contribution in [3.05, 3.63) is 23.8 Å². The van der Waals surface area contributed by atoms with E-state index in [2.05, 4.69) is 0 Å². The molecule has 1 unspecified atom stereocenters. The number of anilines is 1. The number of esters is 1. The number of hydrogen-bond donors (Lipinski definition) is 1. The van der Waals surface area contributed by atoms with E-state index in [1.165, 1.54) is 7.11 Å². The summed E-state index contributed by atoms with van der Waals surface area (Å²) in [6.07, 6.45) is 2.25. The summed E-state index contributed by atoms with van der Waals surface area (Å²) >= 11 is 1.60.